The molecule has 0 unspecified atom stereocenters. The number of alkyl halides is 1. The maximum atomic E-state index is 14.1. The number of aromatic hydroxyl groups is 1. The molecule has 1 aromatic carbocycles. The Kier molecular flexibility index (Phi) is 6.05. The summed E-state index contributed by atoms with van der Waals surface area (Å²) in [5.41, 5.74) is -1.91. The highest BCUT2D eigenvalue weighted by Gasteiger charge is 2.43. The van der Waals surface area contributed by atoms with Crippen LogP contribution in [-0.4, -0.2) is 51.9 Å². The van der Waals surface area contributed by atoms with Crippen molar-refractivity contribution in [2.45, 2.75) is 45.8 Å². The largest absolute Gasteiger partial charge is 0.502 e. The molecule has 34 heavy (non-hydrogen) atoms. The number of amides is 2. The predicted octanol–water partition coefficient (Wildman–Crippen LogP) is 2.19. The van der Waals surface area contributed by atoms with Crippen LogP contribution in [0.1, 0.15) is 52.2 Å². The van der Waals surface area contributed by atoms with E-state index in [1.165, 1.54) is 16.5 Å². The quantitative estimate of drug-likeness (QED) is 0.703. The van der Waals surface area contributed by atoms with Crippen LogP contribution >= 0.6 is 0 Å². The molecule has 2 N–H and O–H groups in total. The third kappa shape index (κ3) is 3.78. The van der Waals surface area contributed by atoms with Gasteiger partial charge in [0.05, 0.1) is 6.67 Å². The summed E-state index contributed by atoms with van der Waals surface area (Å²) in [5, 5.41) is 14.6. The molecular formula is C23H25F3N4O4. The van der Waals surface area contributed by atoms with Gasteiger partial charge in [0.1, 0.15) is 23.9 Å². The van der Waals surface area contributed by atoms with E-state index in [9.17, 15) is 32.7 Å². The fraction of sp³-hybridized carbons (Fsp3) is 0.435. The van der Waals surface area contributed by atoms with Crippen molar-refractivity contribution in [3.63, 3.8) is 0 Å². The highest BCUT2D eigenvalue weighted by molar-refractivity contribution is 5.99. The van der Waals surface area contributed by atoms with Gasteiger partial charge in [0, 0.05) is 36.3 Å². The van der Waals surface area contributed by atoms with Crippen molar-refractivity contribution in [2.24, 2.45) is 5.92 Å². The van der Waals surface area contributed by atoms with Gasteiger partial charge in [-0.2, -0.15) is 0 Å². The van der Waals surface area contributed by atoms with E-state index in [0.29, 0.717) is 12.0 Å². The molecule has 8 nitrogen and oxygen atoms in total. The summed E-state index contributed by atoms with van der Waals surface area (Å²) in [6.07, 6.45) is 1.53. The zero-order valence-corrected chi connectivity index (χ0v) is 18.9. The first-order valence-corrected chi connectivity index (χ1v) is 10.9. The summed E-state index contributed by atoms with van der Waals surface area (Å²) in [5.74, 6) is -4.66. The molecule has 4 rings (SSSR count). The minimum atomic E-state index is -1.09. The molecule has 2 amide bonds. The van der Waals surface area contributed by atoms with Gasteiger partial charge in [0.2, 0.25) is 5.43 Å². The van der Waals surface area contributed by atoms with Gasteiger partial charge in [-0.15, -0.1) is 0 Å². The molecule has 2 aliphatic rings. The number of fused-ring (bicyclic) bond motifs is 4. The Hall–Kier alpha value is -3.50. The zero-order valence-electron chi connectivity index (χ0n) is 18.9. The van der Waals surface area contributed by atoms with E-state index < -0.39 is 65.4 Å². The van der Waals surface area contributed by atoms with Crippen LogP contribution < -0.4 is 15.8 Å². The Balaban J connectivity index is 1.71. The lowest BCUT2D eigenvalue weighted by Gasteiger charge is -2.42. The lowest BCUT2D eigenvalue weighted by Crippen LogP contribution is -2.57. The van der Waals surface area contributed by atoms with Crippen LogP contribution in [0.5, 0.6) is 5.75 Å². The molecule has 1 fully saturated rings. The maximum absolute atomic E-state index is 14.1. The number of halogens is 3. The van der Waals surface area contributed by atoms with Crippen LogP contribution in [0, 0.1) is 24.5 Å². The molecule has 1 saturated heterocycles. The first kappa shape index (κ1) is 23.7. The second kappa shape index (κ2) is 8.69. The molecule has 0 spiro atoms. The van der Waals surface area contributed by atoms with Crippen LogP contribution in [0.25, 0.3) is 0 Å². The predicted molar refractivity (Wildman–Crippen MR) is 117 cm³/mol. The second-order valence-corrected chi connectivity index (χ2v) is 8.90. The molecule has 0 saturated carbocycles. The molecule has 3 heterocycles. The lowest BCUT2D eigenvalue weighted by molar-refractivity contribution is 0.0571. The summed E-state index contributed by atoms with van der Waals surface area (Å²) in [7, 11) is 0. The molecular weight excluding hydrogens is 453 g/mol. The molecule has 2 aromatic rings. The van der Waals surface area contributed by atoms with Crippen molar-refractivity contribution in [2.75, 3.05) is 18.4 Å². The number of benzene rings is 1. The van der Waals surface area contributed by atoms with Crippen molar-refractivity contribution >= 4 is 11.8 Å². The van der Waals surface area contributed by atoms with Crippen molar-refractivity contribution in [1.82, 2.24) is 14.9 Å². The molecule has 2 bridgehead atoms. The van der Waals surface area contributed by atoms with Crippen LogP contribution in [0.3, 0.4) is 0 Å². The highest BCUT2D eigenvalue weighted by Crippen LogP contribution is 2.31. The minimum Gasteiger partial charge on any atom is -0.502 e. The Morgan fingerprint density at radius 2 is 1.85 bits per heavy atom. The van der Waals surface area contributed by atoms with Crippen molar-refractivity contribution in [3.05, 3.63) is 62.6 Å². The normalized spacial score (nSPS) is 21.8. The van der Waals surface area contributed by atoms with Gasteiger partial charge in [-0.05, 0) is 44.9 Å². The molecule has 0 aliphatic carbocycles. The van der Waals surface area contributed by atoms with Crippen molar-refractivity contribution in [1.29, 1.82) is 0 Å². The standard InChI is InChI=1S/C23H25F3N4O4/c1-11-4-17(25)15(18(26)5-11)8-27-22(33)16-9-29-19(21(32)20(16)31)23(34)28-10-30(29)12(2)6-14(7-24)13(28)3/h4-5,9,12-14,32H,6-8,10H2,1-3H3,(H,27,33)/t12-,13+,14+/m1/s1. The van der Waals surface area contributed by atoms with Gasteiger partial charge >= 0.3 is 0 Å². The molecule has 0 radical (unpaired) electrons. The number of rotatable bonds is 4. The van der Waals surface area contributed by atoms with Gasteiger partial charge < -0.3 is 15.3 Å². The number of carbonyl (C=O) groups excluding carboxylic acids is 2. The van der Waals surface area contributed by atoms with Crippen LogP contribution in [-0.2, 0) is 6.54 Å². The van der Waals surface area contributed by atoms with E-state index in [0.717, 1.165) is 18.3 Å². The van der Waals surface area contributed by atoms with Crippen LogP contribution in [0.2, 0.25) is 0 Å². The number of aryl methyl sites for hydroxylation is 1. The Morgan fingerprint density at radius 3 is 2.47 bits per heavy atom. The number of nitrogens with zero attached hydrogens (tertiary/aromatic N) is 3. The third-order valence-corrected chi connectivity index (χ3v) is 6.68. The number of carbonyl (C=O) groups is 2. The summed E-state index contributed by atoms with van der Waals surface area (Å²) >= 11 is 0. The number of nitrogens with one attached hydrogen (secondary N) is 1. The first-order valence-electron chi connectivity index (χ1n) is 10.9. The molecule has 3 atom stereocenters. The average molecular weight is 478 g/mol. The van der Waals surface area contributed by atoms with Crippen LogP contribution in [0.4, 0.5) is 13.2 Å². The van der Waals surface area contributed by atoms with Gasteiger partial charge in [0.25, 0.3) is 11.8 Å². The Bertz CT molecular complexity index is 1210. The van der Waals surface area contributed by atoms with Gasteiger partial charge in [-0.1, -0.05) is 0 Å². The third-order valence-electron chi connectivity index (χ3n) is 6.68. The van der Waals surface area contributed by atoms with Crippen LogP contribution in [0.15, 0.2) is 23.1 Å². The summed E-state index contributed by atoms with van der Waals surface area (Å²) in [6, 6.07) is 1.49. The number of hydrogen-bond donors (Lipinski definition) is 2. The maximum Gasteiger partial charge on any atom is 0.278 e. The Morgan fingerprint density at radius 1 is 1.21 bits per heavy atom. The number of aromatic nitrogens is 1. The van der Waals surface area contributed by atoms with Crippen molar-refractivity contribution in [3.8, 4) is 5.75 Å². The van der Waals surface area contributed by atoms with Gasteiger partial charge in [0.15, 0.2) is 11.4 Å². The first-order chi connectivity index (χ1) is 16.0. The molecule has 1 aromatic heterocycles. The van der Waals surface area contributed by atoms with Crippen molar-refractivity contribution < 1.29 is 27.9 Å². The van der Waals surface area contributed by atoms with E-state index >= 15 is 0 Å². The Labute approximate surface area is 193 Å². The van der Waals surface area contributed by atoms with E-state index in [2.05, 4.69) is 5.32 Å². The molecule has 2 aliphatic heterocycles. The second-order valence-electron chi connectivity index (χ2n) is 8.90. The fourth-order valence-corrected chi connectivity index (χ4v) is 4.61. The topological polar surface area (TPSA) is 94.9 Å². The minimum absolute atomic E-state index is 0.0772. The van der Waals surface area contributed by atoms with E-state index in [1.54, 1.807) is 11.9 Å². The fourth-order valence-electron chi connectivity index (χ4n) is 4.61. The van der Waals surface area contributed by atoms with E-state index in [-0.39, 0.29) is 24.0 Å². The lowest BCUT2D eigenvalue weighted by atomic mass is 9.95. The SMILES string of the molecule is Cc1cc(F)c(CNC(=O)c2cn3c(c(O)c2=O)C(=O)N2CN3[C@H](C)C[C@@H](CF)[C@@H]2C)c(F)c1. The van der Waals surface area contributed by atoms with E-state index in [1.807, 2.05) is 6.92 Å². The van der Waals surface area contributed by atoms with Gasteiger partial charge in [-0.25, -0.2) is 8.78 Å². The highest BCUT2D eigenvalue weighted by atomic mass is 19.1. The number of pyridine rings is 1. The molecule has 182 valence electrons. The van der Waals surface area contributed by atoms with Gasteiger partial charge in [-0.3, -0.25) is 28.5 Å². The number of hydrogen-bond acceptors (Lipinski definition) is 5. The monoisotopic (exact) mass is 478 g/mol. The smallest absolute Gasteiger partial charge is 0.278 e. The summed E-state index contributed by atoms with van der Waals surface area (Å²) < 4.78 is 43.1. The summed E-state index contributed by atoms with van der Waals surface area (Å²) in [6.45, 7) is 3.97. The molecule has 11 heteroatoms. The zero-order chi connectivity index (χ0) is 24.9. The average Bonchev–Trinajstić information content (AvgIpc) is 2.88. The van der Waals surface area contributed by atoms with E-state index in [4.69, 9.17) is 0 Å². The summed E-state index contributed by atoms with van der Waals surface area (Å²) in [4.78, 5) is 40.1.